The van der Waals surface area contributed by atoms with Gasteiger partial charge in [0.15, 0.2) is 0 Å². The van der Waals surface area contributed by atoms with Crippen molar-refractivity contribution in [2.75, 3.05) is 0 Å². The first kappa shape index (κ1) is 63.7. The number of carbonyl (C=O) groups excluding carboxylic acids is 4. The number of ether oxygens (including phenoxy) is 4. The number of rotatable bonds is 12. The lowest BCUT2D eigenvalue weighted by Crippen LogP contribution is -2.72. The summed E-state index contributed by atoms with van der Waals surface area (Å²) in [6, 6.07) is 12.9. The van der Waals surface area contributed by atoms with Gasteiger partial charge in [-0.3, -0.25) is 29.2 Å². The lowest BCUT2D eigenvalue weighted by Gasteiger charge is -2.74. The number of esters is 4. The van der Waals surface area contributed by atoms with Crippen molar-refractivity contribution in [3.63, 3.8) is 0 Å². The topological polar surface area (TPSA) is 259 Å². The summed E-state index contributed by atoms with van der Waals surface area (Å²) in [6.07, 6.45) is 12.7. The smallest absolute Gasteiger partial charge is 0.311 e. The molecule has 4 heterocycles. The van der Waals surface area contributed by atoms with Gasteiger partial charge in [-0.2, -0.15) is 0 Å². The van der Waals surface area contributed by atoms with E-state index in [4.69, 9.17) is 39.8 Å². The quantitative estimate of drug-likeness (QED) is 0.0440. The molecule has 2 aliphatic carbocycles. The van der Waals surface area contributed by atoms with Crippen LogP contribution in [0.3, 0.4) is 0 Å². The van der Waals surface area contributed by atoms with Gasteiger partial charge in [-0.15, -0.1) is 0 Å². The largest absolute Gasteiger partial charge is 0.507 e. The van der Waals surface area contributed by atoms with Gasteiger partial charge in [0.25, 0.3) is 0 Å². The maximum atomic E-state index is 15.2. The maximum absolute atomic E-state index is 15.2. The average molecular weight is 1200 g/mol. The van der Waals surface area contributed by atoms with Crippen LogP contribution in [0.1, 0.15) is 236 Å². The third kappa shape index (κ3) is 9.48. The molecule has 16 nitrogen and oxygen atoms in total. The fourth-order valence-corrected chi connectivity index (χ4v) is 19.8. The Hall–Kier alpha value is -7.36. The van der Waals surface area contributed by atoms with Crippen molar-refractivity contribution in [1.29, 1.82) is 10.8 Å². The molecular formula is C72H90N4O12. The van der Waals surface area contributed by atoms with Crippen LogP contribution in [0.25, 0.3) is 0 Å². The molecule has 0 aromatic heterocycles. The van der Waals surface area contributed by atoms with Crippen molar-refractivity contribution in [3.05, 3.63) is 93.0 Å². The van der Waals surface area contributed by atoms with E-state index in [9.17, 15) is 30.0 Å². The highest BCUT2D eigenvalue weighted by atomic mass is 16.5. The molecular weight excluding hydrogens is 1110 g/mol. The highest BCUT2D eigenvalue weighted by molar-refractivity contribution is 5.90. The second-order valence-corrected chi connectivity index (χ2v) is 27.9. The summed E-state index contributed by atoms with van der Waals surface area (Å²) < 4.78 is 25.4. The molecule has 16 heteroatoms. The number of fused-ring (bicyclic) bond motifs is 12. The van der Waals surface area contributed by atoms with Gasteiger partial charge >= 0.3 is 23.9 Å². The van der Waals surface area contributed by atoms with Crippen LogP contribution in [-0.2, 0) is 40.8 Å². The molecule has 0 amide bonds. The molecule has 4 aromatic carbocycles. The number of benzene rings is 4. The number of aromatic hydroxyl groups is 4. The van der Waals surface area contributed by atoms with Gasteiger partial charge in [0.05, 0.1) is 0 Å². The van der Waals surface area contributed by atoms with Gasteiger partial charge in [-0.1, -0.05) is 108 Å². The van der Waals surface area contributed by atoms with E-state index < -0.39 is 73.1 Å². The Morgan fingerprint density at radius 3 is 1.38 bits per heavy atom. The second-order valence-electron chi connectivity index (χ2n) is 27.9. The van der Waals surface area contributed by atoms with Crippen LogP contribution in [0, 0.1) is 38.4 Å². The summed E-state index contributed by atoms with van der Waals surface area (Å²) in [5, 5.41) is 72.3. The number of nitrogens with one attached hydrogen (secondary N) is 2. The first-order valence-electron chi connectivity index (χ1n) is 32.1. The minimum Gasteiger partial charge on any atom is -0.507 e. The number of hydrogen-bond donors (Lipinski definition) is 6. The van der Waals surface area contributed by atoms with E-state index in [0.29, 0.717) is 28.7 Å². The predicted molar refractivity (Wildman–Crippen MR) is 339 cm³/mol. The molecule has 6 N–H and O–H groups in total. The second kappa shape index (κ2) is 23.2. The number of phenols is 4. The van der Waals surface area contributed by atoms with E-state index in [-0.39, 0.29) is 138 Å². The molecule has 470 valence electrons. The van der Waals surface area contributed by atoms with Crippen LogP contribution in [0.2, 0.25) is 0 Å². The zero-order chi connectivity index (χ0) is 63.7. The van der Waals surface area contributed by atoms with E-state index in [1.807, 2.05) is 27.7 Å². The van der Waals surface area contributed by atoms with Gasteiger partial charge in [0.1, 0.15) is 46.0 Å². The summed E-state index contributed by atoms with van der Waals surface area (Å²) in [5.74, 6) is -3.59. The molecule has 0 saturated heterocycles. The summed E-state index contributed by atoms with van der Waals surface area (Å²) in [7, 11) is 0. The van der Waals surface area contributed by atoms with Gasteiger partial charge in [0.2, 0.25) is 0 Å². The standard InChI is InChI=1S/C72H90N4O12/c1-12-19-46(13-2)75-40-44-32-51-36-54(63(44)84)67(9,10)72(66(7,8)53-35-48(30-42(38-73)60(53)81)85-58(79)24-28-70(72,15-4)29-25-59(80)88-51)71-64-68(71,11)55-37-49(31-43(39-74)61(55)82)86-56(77)22-26-69(64,14-3)27-23-57(78)87-50-33-45(41-76-47-20-17-16-18-21-47)62(83)52(34-50)65(71,5)6/h30-41,46-47,64,73-74,81-84H,12-29H2,1-11H3. The molecule has 4 aromatic rings. The molecule has 2 fully saturated rings. The number of carbonyl (C=O) groups is 4. The molecule has 7 atom stereocenters. The van der Waals surface area contributed by atoms with Crippen molar-refractivity contribution in [3.8, 4) is 46.0 Å². The van der Waals surface area contributed by atoms with E-state index in [1.54, 1.807) is 48.8 Å². The van der Waals surface area contributed by atoms with Crippen molar-refractivity contribution in [2.24, 2.45) is 37.6 Å². The molecule has 88 heavy (non-hydrogen) atoms. The Bertz CT molecular complexity index is 3550. The fraction of sp³-hybridized carbons (Fsp3) is 0.556. The molecule has 0 radical (unpaired) electrons. The Morgan fingerprint density at radius 1 is 0.534 bits per heavy atom. The van der Waals surface area contributed by atoms with Crippen LogP contribution >= 0.6 is 0 Å². The van der Waals surface area contributed by atoms with Crippen LogP contribution in [0.4, 0.5) is 0 Å². The van der Waals surface area contributed by atoms with Crippen molar-refractivity contribution >= 4 is 48.7 Å². The third-order valence-corrected chi connectivity index (χ3v) is 23.0. The molecule has 8 bridgehead atoms. The zero-order valence-corrected chi connectivity index (χ0v) is 53.3. The third-order valence-electron chi connectivity index (χ3n) is 23.0. The average Bonchev–Trinajstić information content (AvgIpc) is 1.41. The number of aliphatic imine (C=N–C) groups is 2. The normalized spacial score (nSPS) is 28.7. The summed E-state index contributed by atoms with van der Waals surface area (Å²) in [6.45, 7) is 22.7. The van der Waals surface area contributed by atoms with Crippen molar-refractivity contribution in [2.45, 2.75) is 225 Å². The number of phenolic OH excluding ortho intramolecular Hbond substituents is 4. The summed E-state index contributed by atoms with van der Waals surface area (Å²) in [4.78, 5) is 70.1. The van der Waals surface area contributed by atoms with E-state index in [1.165, 1.54) is 12.1 Å². The van der Waals surface area contributed by atoms with Gasteiger partial charge in [-0.25, -0.2) is 0 Å². The lowest BCUT2D eigenvalue weighted by atomic mass is 9.29. The Labute approximate surface area is 518 Å². The molecule has 6 aliphatic rings. The Balaban J connectivity index is 1.54. The maximum Gasteiger partial charge on any atom is 0.311 e. The lowest BCUT2D eigenvalue weighted by molar-refractivity contribution is -0.201. The van der Waals surface area contributed by atoms with Gasteiger partial charge in [-0.05, 0) is 123 Å². The number of nitrogens with zero attached hydrogens (tertiary/aromatic N) is 2. The molecule has 4 aliphatic heterocycles. The molecule has 2 saturated carbocycles. The van der Waals surface area contributed by atoms with Gasteiger partial charge < -0.3 is 50.2 Å². The first-order chi connectivity index (χ1) is 41.7. The minimum atomic E-state index is -1.74. The van der Waals surface area contributed by atoms with E-state index in [2.05, 4.69) is 48.5 Å². The molecule has 0 spiro atoms. The predicted octanol–water partition coefficient (Wildman–Crippen LogP) is 14.6. The van der Waals surface area contributed by atoms with Crippen LogP contribution in [0.5, 0.6) is 46.0 Å². The molecule has 7 unspecified atom stereocenters. The summed E-state index contributed by atoms with van der Waals surface area (Å²) in [5.41, 5.74) is -10.2. The fourth-order valence-electron chi connectivity index (χ4n) is 19.8. The first-order valence-corrected chi connectivity index (χ1v) is 32.1. The highest BCUT2D eigenvalue weighted by Gasteiger charge is 2.95. The van der Waals surface area contributed by atoms with Crippen molar-refractivity contribution < 1.29 is 58.6 Å². The van der Waals surface area contributed by atoms with Crippen LogP contribution in [-0.4, -0.2) is 81.2 Å². The number of hydrogen-bond acceptors (Lipinski definition) is 16. The van der Waals surface area contributed by atoms with Crippen LogP contribution < -0.4 is 18.9 Å². The Morgan fingerprint density at radius 2 is 0.943 bits per heavy atom. The summed E-state index contributed by atoms with van der Waals surface area (Å²) >= 11 is 0. The minimum absolute atomic E-state index is 0.0229. The van der Waals surface area contributed by atoms with E-state index in [0.717, 1.165) is 63.8 Å². The van der Waals surface area contributed by atoms with Gasteiger partial charge in [0, 0.05) is 140 Å². The Kier molecular flexibility index (Phi) is 16.8. The van der Waals surface area contributed by atoms with Crippen LogP contribution in [0.15, 0.2) is 58.5 Å². The highest BCUT2D eigenvalue weighted by Crippen LogP contribution is 2.96. The molecule has 10 rings (SSSR count). The van der Waals surface area contributed by atoms with Crippen molar-refractivity contribution in [1.82, 2.24) is 0 Å². The van der Waals surface area contributed by atoms with E-state index >= 15 is 9.59 Å². The zero-order valence-electron chi connectivity index (χ0n) is 53.3. The SMILES string of the molecule is CCCC(CC)N=Cc1cc2cc(c1O)C(C)(C)C1(C34C5C(CC)(CCC(=O)Oc6cc(C=NC7CCCCC7)c(O)c(c6)C3(C)C)CCC(=O)Oc3cc(C=N)c(O)c(c3)C54C)C(CC)(CCC(=O)Oc3cc(C=N)c(O)c(c3)C1(C)C)CCC(=O)O2. The monoisotopic (exact) mass is 1200 g/mol.